The van der Waals surface area contributed by atoms with E-state index in [9.17, 15) is 0 Å². The molecule has 3 unspecified atom stereocenters. The summed E-state index contributed by atoms with van der Waals surface area (Å²) in [5.41, 5.74) is 5.69. The van der Waals surface area contributed by atoms with E-state index in [0.717, 1.165) is 19.6 Å². The fourth-order valence-corrected chi connectivity index (χ4v) is 1.92. The zero-order valence-corrected chi connectivity index (χ0v) is 8.53. The Balaban J connectivity index is 2.50. The predicted octanol–water partition coefficient (Wildman–Crippen LogP) is 0.815. The maximum atomic E-state index is 8.79. The Hall–Kier alpha value is -0.590. The van der Waals surface area contributed by atoms with Crippen LogP contribution in [0.25, 0.3) is 0 Å². The van der Waals surface area contributed by atoms with Crippen LogP contribution in [0.3, 0.4) is 0 Å². The van der Waals surface area contributed by atoms with Crippen LogP contribution in [0.5, 0.6) is 0 Å². The molecule has 0 aliphatic carbocycles. The van der Waals surface area contributed by atoms with Crippen molar-refractivity contribution in [2.45, 2.75) is 26.3 Å². The highest BCUT2D eigenvalue weighted by Crippen LogP contribution is 2.23. The molecule has 1 rings (SSSR count). The van der Waals surface area contributed by atoms with Crippen molar-refractivity contribution in [2.75, 3.05) is 19.6 Å². The van der Waals surface area contributed by atoms with Gasteiger partial charge in [0.05, 0.1) is 12.1 Å². The first-order chi connectivity index (χ1) is 6.19. The molecule has 74 valence electrons. The third-order valence-corrected chi connectivity index (χ3v) is 3.18. The second-order valence-electron chi connectivity index (χ2n) is 4.06. The maximum absolute atomic E-state index is 8.79. The fourth-order valence-electron chi connectivity index (χ4n) is 1.92. The lowest BCUT2D eigenvalue weighted by molar-refractivity contribution is 0.117. The summed E-state index contributed by atoms with van der Waals surface area (Å²) in [6, 6.07) is 2.32. The molecular weight excluding hydrogens is 162 g/mol. The summed E-state index contributed by atoms with van der Waals surface area (Å²) < 4.78 is 0. The number of nitrogens with two attached hydrogens (primary N) is 1. The van der Waals surface area contributed by atoms with E-state index in [1.165, 1.54) is 6.42 Å². The normalized spacial score (nSPS) is 32.5. The standard InChI is InChI=1S/C10H19N3/c1-8-3-4-13(9(2)5-11)7-10(8)6-12/h8-10H,3-4,6-7,12H2,1-2H3. The van der Waals surface area contributed by atoms with E-state index in [1.54, 1.807) is 0 Å². The minimum absolute atomic E-state index is 0.0431. The molecule has 3 nitrogen and oxygen atoms in total. The van der Waals surface area contributed by atoms with Gasteiger partial charge in [-0.1, -0.05) is 6.92 Å². The lowest BCUT2D eigenvalue weighted by Gasteiger charge is -2.37. The zero-order chi connectivity index (χ0) is 9.84. The number of hydrogen-bond donors (Lipinski definition) is 1. The van der Waals surface area contributed by atoms with Crippen molar-refractivity contribution >= 4 is 0 Å². The summed E-state index contributed by atoms with van der Waals surface area (Å²) >= 11 is 0. The Morgan fingerprint density at radius 3 is 2.92 bits per heavy atom. The molecule has 0 aromatic carbocycles. The van der Waals surface area contributed by atoms with Gasteiger partial charge < -0.3 is 5.73 Å². The molecular formula is C10H19N3. The molecule has 0 aromatic heterocycles. The van der Waals surface area contributed by atoms with Crippen molar-refractivity contribution in [3.05, 3.63) is 0 Å². The van der Waals surface area contributed by atoms with Crippen molar-refractivity contribution < 1.29 is 0 Å². The molecule has 1 saturated heterocycles. The lowest BCUT2D eigenvalue weighted by atomic mass is 9.86. The Kier molecular flexibility index (Phi) is 3.71. The smallest absolute Gasteiger partial charge is 0.0949 e. The molecule has 1 aliphatic rings. The van der Waals surface area contributed by atoms with Gasteiger partial charge in [-0.25, -0.2) is 0 Å². The Labute approximate surface area is 80.5 Å². The molecule has 13 heavy (non-hydrogen) atoms. The summed E-state index contributed by atoms with van der Waals surface area (Å²) in [4.78, 5) is 2.23. The van der Waals surface area contributed by atoms with Crippen LogP contribution in [0.15, 0.2) is 0 Å². The van der Waals surface area contributed by atoms with Gasteiger partial charge >= 0.3 is 0 Å². The summed E-state index contributed by atoms with van der Waals surface area (Å²) in [5, 5.41) is 8.79. The van der Waals surface area contributed by atoms with Gasteiger partial charge in [-0.3, -0.25) is 4.90 Å². The van der Waals surface area contributed by atoms with Gasteiger partial charge in [-0.2, -0.15) is 5.26 Å². The van der Waals surface area contributed by atoms with Crippen molar-refractivity contribution in [1.82, 2.24) is 4.90 Å². The molecule has 3 atom stereocenters. The Bertz CT molecular complexity index is 197. The first-order valence-electron chi connectivity index (χ1n) is 5.02. The highest BCUT2D eigenvalue weighted by Gasteiger charge is 2.27. The second kappa shape index (κ2) is 4.59. The minimum Gasteiger partial charge on any atom is -0.330 e. The summed E-state index contributed by atoms with van der Waals surface area (Å²) in [5.74, 6) is 1.29. The average Bonchev–Trinajstić information content (AvgIpc) is 2.17. The topological polar surface area (TPSA) is 53.0 Å². The third kappa shape index (κ3) is 2.43. The van der Waals surface area contributed by atoms with Crippen LogP contribution in [-0.2, 0) is 0 Å². The quantitative estimate of drug-likeness (QED) is 0.686. The molecule has 0 saturated carbocycles. The number of piperidine rings is 1. The van der Waals surface area contributed by atoms with Crippen LogP contribution < -0.4 is 5.73 Å². The van der Waals surface area contributed by atoms with E-state index in [1.807, 2.05) is 6.92 Å². The SMILES string of the molecule is CC1CCN(C(C)C#N)CC1CN. The van der Waals surface area contributed by atoms with Gasteiger partial charge in [-0.05, 0) is 38.3 Å². The molecule has 1 heterocycles. The molecule has 0 aromatic rings. The van der Waals surface area contributed by atoms with Crippen LogP contribution >= 0.6 is 0 Å². The molecule has 3 heteroatoms. The van der Waals surface area contributed by atoms with E-state index >= 15 is 0 Å². The van der Waals surface area contributed by atoms with Crippen LogP contribution in [0.1, 0.15) is 20.3 Å². The maximum Gasteiger partial charge on any atom is 0.0949 e. The number of hydrogen-bond acceptors (Lipinski definition) is 3. The zero-order valence-electron chi connectivity index (χ0n) is 8.53. The molecule has 2 N–H and O–H groups in total. The average molecular weight is 181 g/mol. The Morgan fingerprint density at radius 1 is 1.69 bits per heavy atom. The highest BCUT2D eigenvalue weighted by molar-refractivity contribution is 4.91. The molecule has 0 bridgehead atoms. The molecule has 1 fully saturated rings. The monoisotopic (exact) mass is 181 g/mol. The minimum atomic E-state index is 0.0431. The van der Waals surface area contributed by atoms with E-state index in [4.69, 9.17) is 11.0 Å². The van der Waals surface area contributed by atoms with Crippen molar-refractivity contribution in [3.63, 3.8) is 0 Å². The molecule has 1 aliphatic heterocycles. The van der Waals surface area contributed by atoms with Gasteiger partial charge in [0.15, 0.2) is 0 Å². The summed E-state index contributed by atoms with van der Waals surface area (Å²) in [6.07, 6.45) is 1.17. The van der Waals surface area contributed by atoms with Gasteiger partial charge in [0.1, 0.15) is 0 Å². The van der Waals surface area contributed by atoms with Crippen molar-refractivity contribution in [2.24, 2.45) is 17.6 Å². The lowest BCUT2D eigenvalue weighted by Crippen LogP contribution is -2.46. The summed E-state index contributed by atoms with van der Waals surface area (Å²) in [7, 11) is 0. The second-order valence-corrected chi connectivity index (χ2v) is 4.06. The van der Waals surface area contributed by atoms with Crippen LogP contribution in [0.4, 0.5) is 0 Å². The largest absolute Gasteiger partial charge is 0.330 e. The summed E-state index contributed by atoms with van der Waals surface area (Å²) in [6.45, 7) is 7.00. The molecule has 0 spiro atoms. The van der Waals surface area contributed by atoms with Crippen LogP contribution in [0, 0.1) is 23.2 Å². The van der Waals surface area contributed by atoms with Crippen molar-refractivity contribution in [3.8, 4) is 6.07 Å². The van der Waals surface area contributed by atoms with E-state index in [-0.39, 0.29) is 6.04 Å². The first kappa shape index (κ1) is 10.5. The van der Waals surface area contributed by atoms with Gasteiger partial charge in [0, 0.05) is 6.54 Å². The number of nitriles is 1. The number of rotatable bonds is 2. The number of nitrogens with zero attached hydrogens (tertiary/aromatic N) is 2. The van der Waals surface area contributed by atoms with Gasteiger partial charge in [-0.15, -0.1) is 0 Å². The first-order valence-corrected chi connectivity index (χ1v) is 5.02. The number of likely N-dealkylation sites (tertiary alicyclic amines) is 1. The van der Waals surface area contributed by atoms with E-state index in [0.29, 0.717) is 11.8 Å². The van der Waals surface area contributed by atoms with E-state index in [2.05, 4.69) is 17.9 Å². The predicted molar refractivity (Wildman–Crippen MR) is 53.0 cm³/mol. The van der Waals surface area contributed by atoms with Crippen molar-refractivity contribution in [1.29, 1.82) is 5.26 Å². The molecule has 0 radical (unpaired) electrons. The highest BCUT2D eigenvalue weighted by atomic mass is 15.2. The van der Waals surface area contributed by atoms with Crippen LogP contribution in [-0.4, -0.2) is 30.6 Å². The third-order valence-electron chi connectivity index (χ3n) is 3.18. The fraction of sp³-hybridized carbons (Fsp3) is 0.900. The van der Waals surface area contributed by atoms with E-state index < -0.39 is 0 Å². The van der Waals surface area contributed by atoms with Crippen LogP contribution in [0.2, 0.25) is 0 Å². The van der Waals surface area contributed by atoms with Gasteiger partial charge in [0.25, 0.3) is 0 Å². The van der Waals surface area contributed by atoms with Gasteiger partial charge in [0.2, 0.25) is 0 Å². The Morgan fingerprint density at radius 2 is 2.38 bits per heavy atom. The molecule has 0 amide bonds.